The molecule has 1 aliphatic carbocycles. The van der Waals surface area contributed by atoms with Crippen LogP contribution in [0.4, 0.5) is 5.13 Å². The number of hydrogen-bond acceptors (Lipinski definition) is 10. The Labute approximate surface area is 232 Å². The van der Waals surface area contributed by atoms with Gasteiger partial charge in [-0.1, -0.05) is 17.3 Å². The Balaban J connectivity index is 1.27. The van der Waals surface area contributed by atoms with Crippen molar-refractivity contribution in [1.29, 1.82) is 0 Å². The highest BCUT2D eigenvalue weighted by atomic mass is 32.2. The summed E-state index contributed by atoms with van der Waals surface area (Å²) >= 11 is 1.38. The van der Waals surface area contributed by atoms with Crippen molar-refractivity contribution in [1.82, 2.24) is 14.8 Å². The standard InChI is InChI=1S/C26H33N5O6S2/c1-17-14-31(18(2)32)11-10-30(17)15-21-13-27-26(38-21)28-25(33)24(29-37-20-9-12-36-16-20)19-3-5-22(6-4-19)39(34,35)23-7-8-23/h3-6,13,17,20,23H,7-12,14-16H2,1-2H3,(H,27,28,33)/b29-24+/t17-,20-/m1/s1. The van der Waals surface area contributed by atoms with Gasteiger partial charge in [0.15, 0.2) is 26.8 Å². The van der Waals surface area contributed by atoms with Gasteiger partial charge in [0.1, 0.15) is 0 Å². The number of oxime groups is 1. The first-order valence-electron chi connectivity index (χ1n) is 13.1. The van der Waals surface area contributed by atoms with Crippen molar-refractivity contribution in [2.45, 2.75) is 61.9 Å². The summed E-state index contributed by atoms with van der Waals surface area (Å²) < 4.78 is 30.5. The molecule has 13 heteroatoms. The lowest BCUT2D eigenvalue weighted by Gasteiger charge is -2.39. The number of aromatic nitrogens is 1. The summed E-state index contributed by atoms with van der Waals surface area (Å²) in [5.74, 6) is -0.415. The molecule has 11 nitrogen and oxygen atoms in total. The molecule has 1 aromatic carbocycles. The lowest BCUT2D eigenvalue weighted by molar-refractivity contribution is -0.131. The number of anilines is 1. The second kappa shape index (κ2) is 11.7. The third-order valence-electron chi connectivity index (χ3n) is 7.16. The predicted octanol–water partition coefficient (Wildman–Crippen LogP) is 2.28. The lowest BCUT2D eigenvalue weighted by Crippen LogP contribution is -2.52. The van der Waals surface area contributed by atoms with E-state index in [0.717, 1.165) is 11.4 Å². The van der Waals surface area contributed by atoms with Gasteiger partial charge in [0, 0.05) is 62.2 Å². The lowest BCUT2D eigenvalue weighted by atomic mass is 10.1. The summed E-state index contributed by atoms with van der Waals surface area (Å²) in [5, 5.41) is 7.08. The molecule has 39 heavy (non-hydrogen) atoms. The third kappa shape index (κ3) is 6.65. The number of amides is 2. The Morgan fingerprint density at radius 3 is 2.62 bits per heavy atom. The largest absolute Gasteiger partial charge is 0.389 e. The van der Waals surface area contributed by atoms with Crippen molar-refractivity contribution >= 4 is 43.8 Å². The topological polar surface area (TPSA) is 130 Å². The van der Waals surface area contributed by atoms with Crippen LogP contribution in [0.3, 0.4) is 0 Å². The molecule has 2 atom stereocenters. The Morgan fingerprint density at radius 2 is 1.97 bits per heavy atom. The van der Waals surface area contributed by atoms with Gasteiger partial charge >= 0.3 is 0 Å². The molecule has 2 aromatic rings. The van der Waals surface area contributed by atoms with E-state index >= 15 is 0 Å². The maximum atomic E-state index is 13.3. The number of nitrogens with zero attached hydrogens (tertiary/aromatic N) is 4. The molecule has 1 saturated carbocycles. The van der Waals surface area contributed by atoms with Crippen LogP contribution in [-0.4, -0.2) is 91.0 Å². The predicted molar refractivity (Wildman–Crippen MR) is 146 cm³/mol. The van der Waals surface area contributed by atoms with Crippen LogP contribution in [0.2, 0.25) is 0 Å². The summed E-state index contributed by atoms with van der Waals surface area (Å²) in [6.07, 6.45) is 3.52. The SMILES string of the molecule is CC(=O)N1CCN(Cc2cnc(NC(=O)/C(=N/O[C@@H]3CCOC3)c3ccc(S(=O)(=O)C4CC4)cc3)s2)[C@H](C)C1. The van der Waals surface area contributed by atoms with Gasteiger partial charge in [-0.3, -0.25) is 19.8 Å². The molecule has 210 valence electrons. The number of carbonyl (C=O) groups excluding carboxylic acids is 2. The monoisotopic (exact) mass is 575 g/mol. The van der Waals surface area contributed by atoms with E-state index < -0.39 is 15.7 Å². The van der Waals surface area contributed by atoms with E-state index in [-0.39, 0.29) is 33.9 Å². The van der Waals surface area contributed by atoms with Crippen LogP contribution >= 0.6 is 11.3 Å². The first kappa shape index (κ1) is 27.7. The van der Waals surface area contributed by atoms with E-state index in [9.17, 15) is 18.0 Å². The minimum absolute atomic E-state index is 0.0306. The number of ether oxygens (including phenoxy) is 1. The number of sulfone groups is 1. The van der Waals surface area contributed by atoms with E-state index in [1.165, 1.54) is 23.5 Å². The minimum Gasteiger partial charge on any atom is -0.389 e. The minimum atomic E-state index is -3.34. The summed E-state index contributed by atoms with van der Waals surface area (Å²) in [6, 6.07) is 6.40. The fourth-order valence-corrected chi connectivity index (χ4v) is 7.12. The first-order chi connectivity index (χ1) is 18.7. The fraction of sp³-hybridized carbons (Fsp3) is 0.538. The summed E-state index contributed by atoms with van der Waals surface area (Å²) in [7, 11) is -3.34. The van der Waals surface area contributed by atoms with Gasteiger partial charge < -0.3 is 14.5 Å². The Morgan fingerprint density at radius 1 is 1.21 bits per heavy atom. The van der Waals surface area contributed by atoms with Crippen LogP contribution in [0.25, 0.3) is 0 Å². The van der Waals surface area contributed by atoms with Gasteiger partial charge in [-0.2, -0.15) is 0 Å². The van der Waals surface area contributed by atoms with Gasteiger partial charge in [-0.05, 0) is 31.9 Å². The van der Waals surface area contributed by atoms with Crippen LogP contribution < -0.4 is 5.32 Å². The van der Waals surface area contributed by atoms with Crippen molar-refractivity contribution in [3.8, 4) is 0 Å². The van der Waals surface area contributed by atoms with Crippen molar-refractivity contribution in [2.75, 3.05) is 38.2 Å². The van der Waals surface area contributed by atoms with E-state index in [4.69, 9.17) is 9.57 Å². The van der Waals surface area contributed by atoms with Gasteiger partial charge in [0.25, 0.3) is 5.91 Å². The van der Waals surface area contributed by atoms with Gasteiger partial charge in [-0.15, -0.1) is 11.3 Å². The zero-order valence-corrected chi connectivity index (χ0v) is 23.7. The fourth-order valence-electron chi connectivity index (χ4n) is 4.63. The number of carbonyl (C=O) groups is 2. The van der Waals surface area contributed by atoms with E-state index in [2.05, 4.69) is 27.3 Å². The molecule has 0 spiro atoms. The molecule has 0 radical (unpaired) electrons. The highest BCUT2D eigenvalue weighted by Gasteiger charge is 2.37. The van der Waals surface area contributed by atoms with Crippen LogP contribution in [0.15, 0.2) is 40.5 Å². The Hall–Kier alpha value is -2.87. The second-order valence-corrected chi connectivity index (χ2v) is 13.5. The number of piperazine rings is 1. The quantitative estimate of drug-likeness (QED) is 0.356. The number of thiazole rings is 1. The molecule has 3 aliphatic rings. The van der Waals surface area contributed by atoms with Crippen LogP contribution in [-0.2, 0) is 35.5 Å². The number of benzene rings is 1. The highest BCUT2D eigenvalue weighted by Crippen LogP contribution is 2.33. The van der Waals surface area contributed by atoms with Gasteiger partial charge in [0.2, 0.25) is 5.91 Å². The molecule has 1 N–H and O–H groups in total. The summed E-state index contributed by atoms with van der Waals surface area (Å²) in [5.41, 5.74) is 0.470. The molecule has 0 bridgehead atoms. The van der Waals surface area contributed by atoms with Crippen molar-refractivity contribution < 1.29 is 27.6 Å². The number of hydrogen-bond donors (Lipinski definition) is 1. The average molecular weight is 576 g/mol. The molecule has 2 saturated heterocycles. The summed E-state index contributed by atoms with van der Waals surface area (Å²) in [4.78, 5) is 40.4. The second-order valence-electron chi connectivity index (χ2n) is 10.2. The molecule has 1 aromatic heterocycles. The average Bonchev–Trinajstić information content (AvgIpc) is 3.49. The third-order valence-corrected chi connectivity index (χ3v) is 10.3. The van der Waals surface area contributed by atoms with Crippen molar-refractivity contribution in [3.63, 3.8) is 0 Å². The van der Waals surface area contributed by atoms with E-state index in [1.807, 2.05) is 4.90 Å². The Bertz CT molecular complexity index is 1330. The smallest absolute Gasteiger partial charge is 0.280 e. The van der Waals surface area contributed by atoms with Gasteiger partial charge in [-0.25, -0.2) is 13.4 Å². The van der Waals surface area contributed by atoms with Crippen molar-refractivity contribution in [2.24, 2.45) is 5.16 Å². The zero-order valence-electron chi connectivity index (χ0n) is 22.0. The van der Waals surface area contributed by atoms with Crippen LogP contribution in [0.1, 0.15) is 43.6 Å². The number of rotatable bonds is 9. The number of nitrogens with one attached hydrogen (secondary N) is 1. The molecule has 2 aliphatic heterocycles. The summed E-state index contributed by atoms with van der Waals surface area (Å²) in [6.45, 7) is 7.47. The highest BCUT2D eigenvalue weighted by molar-refractivity contribution is 7.92. The molecular weight excluding hydrogens is 542 g/mol. The maximum absolute atomic E-state index is 13.3. The van der Waals surface area contributed by atoms with Crippen molar-refractivity contribution in [3.05, 3.63) is 40.9 Å². The van der Waals surface area contributed by atoms with Crippen LogP contribution in [0, 0.1) is 0 Å². The normalized spacial score (nSPS) is 22.6. The van der Waals surface area contributed by atoms with Crippen LogP contribution in [0.5, 0.6) is 0 Å². The van der Waals surface area contributed by atoms with E-state index in [0.29, 0.717) is 62.8 Å². The molecule has 2 amide bonds. The molecule has 3 fully saturated rings. The Kier molecular flexibility index (Phi) is 8.31. The zero-order chi connectivity index (χ0) is 27.6. The maximum Gasteiger partial charge on any atom is 0.280 e. The molecule has 3 heterocycles. The van der Waals surface area contributed by atoms with E-state index in [1.54, 1.807) is 25.3 Å². The molecule has 5 rings (SSSR count). The first-order valence-corrected chi connectivity index (χ1v) is 15.5. The van der Waals surface area contributed by atoms with Gasteiger partial charge in [0.05, 0.1) is 23.4 Å². The molecular formula is C26H33N5O6S2. The molecule has 0 unspecified atom stereocenters.